The van der Waals surface area contributed by atoms with Gasteiger partial charge in [-0.15, -0.1) is 0 Å². The first-order valence-corrected chi connectivity index (χ1v) is 7.25. The van der Waals surface area contributed by atoms with Crippen molar-refractivity contribution in [3.63, 3.8) is 0 Å². The van der Waals surface area contributed by atoms with Crippen LogP contribution in [0.2, 0.25) is 5.02 Å². The Bertz CT molecular complexity index is 509. The molecule has 1 fully saturated rings. The van der Waals surface area contributed by atoms with Crippen molar-refractivity contribution in [1.29, 1.82) is 0 Å². The van der Waals surface area contributed by atoms with Gasteiger partial charge in [0, 0.05) is 5.02 Å². The molecule has 1 aromatic rings. The van der Waals surface area contributed by atoms with Crippen molar-refractivity contribution < 1.29 is 4.79 Å². The minimum atomic E-state index is 0.0507. The Morgan fingerprint density at radius 2 is 2.00 bits per heavy atom. The molecule has 19 heavy (non-hydrogen) atoms. The summed E-state index contributed by atoms with van der Waals surface area (Å²) in [5, 5.41) is 6.89. The van der Waals surface area contributed by atoms with Crippen LogP contribution in [0.5, 0.6) is 0 Å². The van der Waals surface area contributed by atoms with Crippen LogP contribution in [-0.4, -0.2) is 16.6 Å². The predicted octanol–water partition coefficient (Wildman–Crippen LogP) is 3.62. The minimum absolute atomic E-state index is 0.0507. The van der Waals surface area contributed by atoms with Crippen LogP contribution in [0, 0.1) is 5.92 Å². The van der Waals surface area contributed by atoms with Gasteiger partial charge < -0.3 is 0 Å². The number of fused-ring (bicyclic) bond motifs is 1. The third kappa shape index (κ3) is 2.66. The van der Waals surface area contributed by atoms with Gasteiger partial charge in [-0.3, -0.25) is 4.79 Å². The largest absolute Gasteiger partial charge is 0.272 e. The summed E-state index contributed by atoms with van der Waals surface area (Å²) < 4.78 is 0. The van der Waals surface area contributed by atoms with Crippen LogP contribution in [0.1, 0.15) is 37.7 Å². The van der Waals surface area contributed by atoms with Gasteiger partial charge in [-0.25, -0.2) is 5.01 Å². The van der Waals surface area contributed by atoms with E-state index in [1.807, 2.05) is 24.3 Å². The third-order valence-electron chi connectivity index (χ3n) is 3.88. The zero-order valence-electron chi connectivity index (χ0n) is 10.8. The third-order valence-corrected chi connectivity index (χ3v) is 4.13. The van der Waals surface area contributed by atoms with E-state index in [1.165, 1.54) is 6.42 Å². The van der Waals surface area contributed by atoms with Crippen molar-refractivity contribution in [2.45, 2.75) is 38.6 Å². The van der Waals surface area contributed by atoms with Crippen LogP contribution in [0.3, 0.4) is 0 Å². The van der Waals surface area contributed by atoms with Crippen molar-refractivity contribution in [3.05, 3.63) is 34.9 Å². The first-order chi connectivity index (χ1) is 9.24. The second-order valence-electron chi connectivity index (χ2n) is 5.27. The second-order valence-corrected chi connectivity index (χ2v) is 5.70. The molecule has 1 aromatic carbocycles. The molecule has 0 bridgehead atoms. The van der Waals surface area contributed by atoms with Crippen molar-refractivity contribution in [3.8, 4) is 0 Å². The molecule has 0 spiro atoms. The maximum atomic E-state index is 12.3. The summed E-state index contributed by atoms with van der Waals surface area (Å²) >= 11 is 5.87. The Balaban J connectivity index is 1.75. The first-order valence-electron chi connectivity index (χ1n) is 6.87. The van der Waals surface area contributed by atoms with Crippen molar-refractivity contribution in [2.24, 2.45) is 11.0 Å². The molecule has 4 heteroatoms. The fourth-order valence-corrected chi connectivity index (χ4v) is 2.94. The summed E-state index contributed by atoms with van der Waals surface area (Å²) in [6.07, 6.45) is 5.48. The Morgan fingerprint density at radius 3 is 2.79 bits per heavy atom. The highest BCUT2D eigenvalue weighted by Gasteiger charge is 2.35. The number of hydrogen-bond acceptors (Lipinski definition) is 2. The van der Waals surface area contributed by atoms with Gasteiger partial charge in [-0.1, -0.05) is 36.6 Å². The van der Waals surface area contributed by atoms with E-state index in [9.17, 15) is 4.79 Å². The van der Waals surface area contributed by atoms with Gasteiger partial charge in [-0.05, 0) is 37.0 Å². The van der Waals surface area contributed by atoms with E-state index in [-0.39, 0.29) is 11.8 Å². The van der Waals surface area contributed by atoms with Crippen LogP contribution in [0.15, 0.2) is 29.4 Å². The number of nitrogens with zero attached hydrogens (tertiary/aromatic N) is 2. The van der Waals surface area contributed by atoms with Crippen LogP contribution in [-0.2, 0) is 11.3 Å². The Labute approximate surface area is 118 Å². The van der Waals surface area contributed by atoms with E-state index in [2.05, 4.69) is 5.10 Å². The van der Waals surface area contributed by atoms with Gasteiger partial charge in [0.1, 0.15) is 0 Å². The lowest BCUT2D eigenvalue weighted by Gasteiger charge is -2.14. The first kappa shape index (κ1) is 12.7. The fourth-order valence-electron chi connectivity index (χ4n) is 2.82. The normalized spacial score (nSPS) is 23.0. The van der Waals surface area contributed by atoms with Gasteiger partial charge >= 0.3 is 0 Å². The van der Waals surface area contributed by atoms with E-state index in [4.69, 9.17) is 11.6 Å². The lowest BCUT2D eigenvalue weighted by atomic mass is 9.98. The lowest BCUT2D eigenvalue weighted by Crippen LogP contribution is -2.26. The number of hydrazone groups is 1. The molecule has 1 atom stereocenters. The quantitative estimate of drug-likeness (QED) is 0.812. The fraction of sp³-hybridized carbons (Fsp3) is 0.467. The molecule has 1 aliphatic carbocycles. The molecule has 1 aliphatic heterocycles. The summed E-state index contributed by atoms with van der Waals surface area (Å²) in [5.41, 5.74) is 2.16. The number of benzene rings is 1. The molecule has 1 heterocycles. The molecule has 0 aromatic heterocycles. The predicted molar refractivity (Wildman–Crippen MR) is 76.0 cm³/mol. The molecule has 0 radical (unpaired) electrons. The number of halogens is 1. The van der Waals surface area contributed by atoms with Crippen molar-refractivity contribution >= 4 is 23.2 Å². The number of hydrogen-bond donors (Lipinski definition) is 0. The van der Waals surface area contributed by atoms with Crippen molar-refractivity contribution in [1.82, 2.24) is 5.01 Å². The molecule has 2 aliphatic rings. The van der Waals surface area contributed by atoms with Crippen LogP contribution < -0.4 is 0 Å². The Hall–Kier alpha value is -1.35. The summed E-state index contributed by atoms with van der Waals surface area (Å²) in [6, 6.07) is 7.60. The van der Waals surface area contributed by atoms with E-state index in [0.29, 0.717) is 11.6 Å². The maximum absolute atomic E-state index is 12.3. The molecule has 1 unspecified atom stereocenters. The summed E-state index contributed by atoms with van der Waals surface area (Å²) in [4.78, 5) is 12.3. The number of rotatable bonds is 2. The van der Waals surface area contributed by atoms with E-state index < -0.39 is 0 Å². The van der Waals surface area contributed by atoms with E-state index in [1.54, 1.807) is 5.01 Å². The molecule has 0 saturated heterocycles. The van der Waals surface area contributed by atoms with E-state index in [0.717, 1.165) is 37.0 Å². The lowest BCUT2D eigenvalue weighted by molar-refractivity contribution is -0.132. The molecule has 3 nitrogen and oxygen atoms in total. The number of carbonyl (C=O) groups excluding carboxylic acids is 1. The second kappa shape index (κ2) is 5.33. The standard InChI is InChI=1S/C15H17ClN2O/c16-12-8-6-11(7-9-12)10-18-15(19)13-4-2-1-3-5-14(13)17-18/h6-9,13H,1-5,10H2. The highest BCUT2D eigenvalue weighted by atomic mass is 35.5. The molecule has 1 saturated carbocycles. The van der Waals surface area contributed by atoms with Gasteiger partial charge in [0.25, 0.3) is 5.91 Å². The average Bonchev–Trinajstić information content (AvgIpc) is 2.60. The van der Waals surface area contributed by atoms with E-state index >= 15 is 0 Å². The van der Waals surface area contributed by atoms with Gasteiger partial charge in [0.15, 0.2) is 0 Å². The minimum Gasteiger partial charge on any atom is -0.272 e. The average molecular weight is 277 g/mol. The SMILES string of the molecule is O=C1C2CCCCCC2=NN1Cc1ccc(Cl)cc1. The van der Waals surface area contributed by atoms with Crippen LogP contribution >= 0.6 is 11.6 Å². The molecular formula is C15H17ClN2O. The maximum Gasteiger partial charge on any atom is 0.251 e. The monoisotopic (exact) mass is 276 g/mol. The Kier molecular flexibility index (Phi) is 3.56. The zero-order chi connectivity index (χ0) is 13.2. The molecule has 3 rings (SSSR count). The Morgan fingerprint density at radius 1 is 1.21 bits per heavy atom. The van der Waals surface area contributed by atoms with Gasteiger partial charge in [-0.2, -0.15) is 5.10 Å². The topological polar surface area (TPSA) is 32.7 Å². The summed E-state index contributed by atoms with van der Waals surface area (Å²) in [5.74, 6) is 0.224. The summed E-state index contributed by atoms with van der Waals surface area (Å²) in [6.45, 7) is 0.552. The smallest absolute Gasteiger partial charge is 0.251 e. The zero-order valence-corrected chi connectivity index (χ0v) is 11.6. The van der Waals surface area contributed by atoms with Gasteiger partial charge in [0.05, 0.1) is 18.2 Å². The molecule has 100 valence electrons. The number of carbonyl (C=O) groups is 1. The van der Waals surface area contributed by atoms with Crippen LogP contribution in [0.4, 0.5) is 0 Å². The summed E-state index contributed by atoms with van der Waals surface area (Å²) in [7, 11) is 0. The van der Waals surface area contributed by atoms with Gasteiger partial charge in [0.2, 0.25) is 0 Å². The molecule has 1 amide bonds. The van der Waals surface area contributed by atoms with Crippen molar-refractivity contribution in [2.75, 3.05) is 0 Å². The number of amides is 1. The molecular weight excluding hydrogens is 260 g/mol. The molecule has 0 N–H and O–H groups in total. The van der Waals surface area contributed by atoms with Crippen LogP contribution in [0.25, 0.3) is 0 Å². The highest BCUT2D eigenvalue weighted by molar-refractivity contribution is 6.30. The highest BCUT2D eigenvalue weighted by Crippen LogP contribution is 2.29.